The van der Waals surface area contributed by atoms with Crippen molar-refractivity contribution in [1.82, 2.24) is 5.32 Å². The van der Waals surface area contributed by atoms with E-state index in [-0.39, 0.29) is 12.0 Å². The number of piperidine rings is 1. The number of carboxylic acids is 1. The molecule has 0 saturated carbocycles. The van der Waals surface area contributed by atoms with Gasteiger partial charge in [0, 0.05) is 30.2 Å². The summed E-state index contributed by atoms with van der Waals surface area (Å²) in [6, 6.07) is 2.33. The van der Waals surface area contributed by atoms with Gasteiger partial charge in [0.2, 0.25) is 0 Å². The lowest BCUT2D eigenvalue weighted by atomic mass is 9.93. The van der Waals surface area contributed by atoms with Gasteiger partial charge in [-0.25, -0.2) is 0 Å². The van der Waals surface area contributed by atoms with Gasteiger partial charge in [0.15, 0.2) is 0 Å². The van der Waals surface area contributed by atoms with Crippen LogP contribution in [0.5, 0.6) is 0 Å². The normalized spacial score (nSPS) is 23.8. The molecule has 19 heavy (non-hydrogen) atoms. The maximum atomic E-state index is 11.3. The van der Waals surface area contributed by atoms with Gasteiger partial charge in [-0.15, -0.1) is 0 Å². The number of carbonyl (C=O) groups is 1. The third-order valence-electron chi connectivity index (χ3n) is 3.49. The Morgan fingerprint density at radius 3 is 2.95 bits per heavy atom. The average Bonchev–Trinajstić information content (AvgIpc) is 2.89. The van der Waals surface area contributed by atoms with E-state index in [2.05, 4.69) is 35.5 Å². The van der Waals surface area contributed by atoms with Gasteiger partial charge in [0.1, 0.15) is 0 Å². The first-order valence-electron chi connectivity index (χ1n) is 6.79. The molecule has 5 heteroatoms. The Kier molecular flexibility index (Phi) is 4.82. The topological polar surface area (TPSA) is 52.6 Å². The van der Waals surface area contributed by atoms with Gasteiger partial charge >= 0.3 is 5.97 Å². The van der Waals surface area contributed by atoms with E-state index < -0.39 is 5.97 Å². The second-order valence-electron chi connectivity index (χ2n) is 5.66. The summed E-state index contributed by atoms with van der Waals surface area (Å²) < 4.78 is 0. The van der Waals surface area contributed by atoms with E-state index in [0.717, 1.165) is 25.2 Å². The Balaban J connectivity index is 2.02. The summed E-state index contributed by atoms with van der Waals surface area (Å²) in [6.45, 7) is 6.79. The zero-order chi connectivity index (χ0) is 13.8. The molecule has 1 fully saturated rings. The molecule has 1 aromatic heterocycles. The number of anilines is 1. The second-order valence-corrected chi connectivity index (χ2v) is 6.44. The van der Waals surface area contributed by atoms with Crippen molar-refractivity contribution in [1.29, 1.82) is 0 Å². The molecule has 0 radical (unpaired) electrons. The van der Waals surface area contributed by atoms with Crippen LogP contribution in [-0.4, -0.2) is 36.8 Å². The number of hydrogen-bond donors (Lipinski definition) is 2. The lowest BCUT2D eigenvalue weighted by Gasteiger charge is -2.37. The lowest BCUT2D eigenvalue weighted by Crippen LogP contribution is -2.51. The fraction of sp³-hybridized carbons (Fsp3) is 0.643. The van der Waals surface area contributed by atoms with E-state index in [4.69, 9.17) is 0 Å². The molecule has 2 rings (SSSR count). The van der Waals surface area contributed by atoms with Crippen molar-refractivity contribution in [3.05, 3.63) is 16.8 Å². The molecule has 0 amide bonds. The number of thiophene rings is 1. The summed E-state index contributed by atoms with van der Waals surface area (Å²) >= 11 is 1.65. The Labute approximate surface area is 118 Å². The zero-order valence-corrected chi connectivity index (χ0v) is 12.3. The number of aliphatic carboxylic acids is 1. The van der Waals surface area contributed by atoms with Crippen molar-refractivity contribution in [3.63, 3.8) is 0 Å². The van der Waals surface area contributed by atoms with Gasteiger partial charge in [0.25, 0.3) is 0 Å². The molecule has 0 bridgehead atoms. The van der Waals surface area contributed by atoms with Crippen molar-refractivity contribution >= 4 is 23.0 Å². The number of hydrogen-bond acceptors (Lipinski definition) is 4. The monoisotopic (exact) mass is 282 g/mol. The highest BCUT2D eigenvalue weighted by molar-refractivity contribution is 7.08. The van der Waals surface area contributed by atoms with Crippen LogP contribution in [0.2, 0.25) is 0 Å². The fourth-order valence-corrected chi connectivity index (χ4v) is 3.14. The molecule has 2 atom stereocenters. The fourth-order valence-electron chi connectivity index (χ4n) is 2.48. The maximum absolute atomic E-state index is 11.3. The van der Waals surface area contributed by atoms with Crippen molar-refractivity contribution < 1.29 is 9.90 Å². The highest BCUT2D eigenvalue weighted by Crippen LogP contribution is 2.25. The van der Waals surface area contributed by atoms with Crippen LogP contribution in [0.4, 0.5) is 5.69 Å². The molecular weight excluding hydrogens is 260 g/mol. The lowest BCUT2D eigenvalue weighted by molar-refractivity contribution is -0.142. The average molecular weight is 282 g/mol. The van der Waals surface area contributed by atoms with Gasteiger partial charge in [-0.2, -0.15) is 11.3 Å². The first-order valence-corrected chi connectivity index (χ1v) is 7.74. The Bertz CT molecular complexity index is 406. The van der Waals surface area contributed by atoms with Crippen LogP contribution in [0.1, 0.15) is 20.3 Å². The Morgan fingerprint density at radius 1 is 1.58 bits per heavy atom. The summed E-state index contributed by atoms with van der Waals surface area (Å²) in [4.78, 5) is 13.5. The summed E-state index contributed by atoms with van der Waals surface area (Å²) in [5.74, 6) is -0.380. The number of nitrogens with zero attached hydrogens (tertiary/aromatic N) is 1. The minimum absolute atomic E-state index is 0.261. The molecule has 2 unspecified atom stereocenters. The predicted molar refractivity (Wildman–Crippen MR) is 78.9 cm³/mol. The molecule has 4 nitrogen and oxygen atoms in total. The molecule has 1 aromatic rings. The molecule has 0 spiro atoms. The van der Waals surface area contributed by atoms with Crippen molar-refractivity contribution in [3.8, 4) is 0 Å². The second kappa shape index (κ2) is 6.39. The van der Waals surface area contributed by atoms with E-state index in [1.165, 1.54) is 0 Å². The molecule has 1 aliphatic rings. The van der Waals surface area contributed by atoms with E-state index in [9.17, 15) is 9.90 Å². The largest absolute Gasteiger partial charge is 0.481 e. The summed E-state index contributed by atoms with van der Waals surface area (Å²) in [5, 5.41) is 16.9. The van der Waals surface area contributed by atoms with E-state index >= 15 is 0 Å². The van der Waals surface area contributed by atoms with Crippen LogP contribution in [0.25, 0.3) is 0 Å². The van der Waals surface area contributed by atoms with Gasteiger partial charge in [0.05, 0.1) is 5.92 Å². The molecule has 1 aliphatic heterocycles. The molecule has 0 aromatic carbocycles. The molecule has 106 valence electrons. The summed E-state index contributed by atoms with van der Waals surface area (Å²) in [5.41, 5.74) is 1.15. The van der Waals surface area contributed by atoms with Gasteiger partial charge in [-0.05, 0) is 30.3 Å². The first-order chi connectivity index (χ1) is 9.06. The van der Waals surface area contributed by atoms with E-state index in [1.807, 2.05) is 5.38 Å². The standard InChI is InChI=1S/C14H22N2O2S/c1-10(2)6-15-12-5-11(14(17)18)7-16(8-12)13-3-4-19-9-13/h3-4,9-12,15H,5-8H2,1-2H3,(H,17,18). The van der Waals surface area contributed by atoms with Crippen molar-refractivity contribution in [2.24, 2.45) is 11.8 Å². The Morgan fingerprint density at radius 2 is 2.37 bits per heavy atom. The summed E-state index contributed by atoms with van der Waals surface area (Å²) in [6.07, 6.45) is 0.725. The quantitative estimate of drug-likeness (QED) is 0.870. The van der Waals surface area contributed by atoms with Crippen LogP contribution < -0.4 is 10.2 Å². The van der Waals surface area contributed by atoms with Gasteiger partial charge < -0.3 is 15.3 Å². The van der Waals surface area contributed by atoms with Crippen LogP contribution in [-0.2, 0) is 4.79 Å². The molecule has 1 saturated heterocycles. The van der Waals surface area contributed by atoms with Crippen molar-refractivity contribution in [2.45, 2.75) is 26.3 Å². The van der Waals surface area contributed by atoms with Crippen LogP contribution in [0, 0.1) is 11.8 Å². The molecule has 2 N–H and O–H groups in total. The first kappa shape index (κ1) is 14.3. The SMILES string of the molecule is CC(C)CNC1CC(C(=O)O)CN(c2ccsc2)C1. The molecular formula is C14H22N2O2S. The minimum atomic E-state index is -0.684. The van der Waals surface area contributed by atoms with Crippen LogP contribution in [0.15, 0.2) is 16.8 Å². The van der Waals surface area contributed by atoms with Crippen LogP contribution in [0.3, 0.4) is 0 Å². The molecule has 0 aliphatic carbocycles. The minimum Gasteiger partial charge on any atom is -0.481 e. The summed E-state index contributed by atoms with van der Waals surface area (Å²) in [7, 11) is 0. The van der Waals surface area contributed by atoms with Crippen LogP contribution >= 0.6 is 11.3 Å². The zero-order valence-electron chi connectivity index (χ0n) is 11.5. The van der Waals surface area contributed by atoms with Crippen molar-refractivity contribution in [2.75, 3.05) is 24.5 Å². The van der Waals surface area contributed by atoms with Gasteiger partial charge in [-0.3, -0.25) is 4.79 Å². The molecule has 2 heterocycles. The number of rotatable bonds is 5. The number of carboxylic acid groups (broad SMARTS) is 1. The number of nitrogens with one attached hydrogen (secondary N) is 1. The van der Waals surface area contributed by atoms with E-state index in [1.54, 1.807) is 11.3 Å². The third kappa shape index (κ3) is 3.94. The van der Waals surface area contributed by atoms with E-state index in [0.29, 0.717) is 12.5 Å². The highest BCUT2D eigenvalue weighted by Gasteiger charge is 2.31. The smallest absolute Gasteiger partial charge is 0.308 e. The highest BCUT2D eigenvalue weighted by atomic mass is 32.1. The third-order valence-corrected chi connectivity index (χ3v) is 4.16. The Hall–Kier alpha value is -1.07. The predicted octanol–water partition coefficient (Wildman–Crippen LogP) is 2.27. The van der Waals surface area contributed by atoms with Gasteiger partial charge in [-0.1, -0.05) is 13.8 Å². The maximum Gasteiger partial charge on any atom is 0.308 e.